The summed E-state index contributed by atoms with van der Waals surface area (Å²) in [7, 11) is 0. The van der Waals surface area contributed by atoms with Crippen LogP contribution in [0.3, 0.4) is 0 Å². The summed E-state index contributed by atoms with van der Waals surface area (Å²) >= 11 is 0. The summed E-state index contributed by atoms with van der Waals surface area (Å²) in [6.45, 7) is 0.857. The van der Waals surface area contributed by atoms with Crippen LogP contribution in [-0.4, -0.2) is 31.6 Å². The lowest BCUT2D eigenvalue weighted by molar-refractivity contribution is -0.148. The molecule has 0 aromatic heterocycles. The van der Waals surface area contributed by atoms with E-state index in [0.717, 1.165) is 11.1 Å². The monoisotopic (exact) mass is 328 g/mol. The third-order valence-corrected chi connectivity index (χ3v) is 3.42. The van der Waals surface area contributed by atoms with Crippen LogP contribution in [0.25, 0.3) is 0 Å². The molecule has 2 rings (SSSR count). The summed E-state index contributed by atoms with van der Waals surface area (Å²) in [4.78, 5) is 21.9. The Kier molecular flexibility index (Phi) is 7.67. The van der Waals surface area contributed by atoms with E-state index >= 15 is 0 Å². The normalized spacial score (nSPS) is 13.0. The molecule has 24 heavy (non-hydrogen) atoms. The molecule has 0 N–H and O–H groups in total. The first kappa shape index (κ1) is 17.8. The average Bonchev–Trinajstić information content (AvgIpc) is 2.65. The first-order valence-corrected chi connectivity index (χ1v) is 7.65. The SMILES string of the molecule is O=COC[C@@H](OCc1ccccc1)[C@H](C=O)OCc1ccccc1. The molecule has 0 fully saturated rings. The van der Waals surface area contributed by atoms with Gasteiger partial charge in [-0.1, -0.05) is 60.7 Å². The first-order valence-electron chi connectivity index (χ1n) is 7.65. The van der Waals surface area contributed by atoms with Gasteiger partial charge in [0.05, 0.1) is 13.2 Å². The number of rotatable bonds is 11. The maximum absolute atomic E-state index is 11.4. The molecule has 2 atom stereocenters. The number of carbonyl (C=O) groups is 2. The molecule has 5 nitrogen and oxygen atoms in total. The Labute approximate surface area is 141 Å². The van der Waals surface area contributed by atoms with Crippen molar-refractivity contribution in [1.82, 2.24) is 0 Å². The van der Waals surface area contributed by atoms with Crippen LogP contribution in [0.2, 0.25) is 0 Å². The van der Waals surface area contributed by atoms with Crippen molar-refractivity contribution in [2.75, 3.05) is 6.61 Å². The quantitative estimate of drug-likeness (QED) is 0.593. The molecule has 0 amide bonds. The van der Waals surface area contributed by atoms with Gasteiger partial charge in [0.1, 0.15) is 18.8 Å². The minimum absolute atomic E-state index is 0.0471. The largest absolute Gasteiger partial charge is 0.465 e. The van der Waals surface area contributed by atoms with Crippen molar-refractivity contribution in [1.29, 1.82) is 0 Å². The van der Waals surface area contributed by atoms with Gasteiger partial charge < -0.3 is 19.0 Å². The molecule has 0 aliphatic heterocycles. The second kappa shape index (κ2) is 10.3. The molecule has 0 spiro atoms. The second-order valence-corrected chi connectivity index (χ2v) is 5.16. The Morgan fingerprint density at radius 3 is 1.83 bits per heavy atom. The molecule has 2 aromatic rings. The molecule has 0 bridgehead atoms. The van der Waals surface area contributed by atoms with Gasteiger partial charge in [-0.15, -0.1) is 0 Å². The van der Waals surface area contributed by atoms with Crippen molar-refractivity contribution in [2.24, 2.45) is 0 Å². The fourth-order valence-electron chi connectivity index (χ4n) is 2.15. The van der Waals surface area contributed by atoms with Gasteiger partial charge >= 0.3 is 0 Å². The Hall–Kier alpha value is -2.50. The van der Waals surface area contributed by atoms with E-state index in [1.165, 1.54) is 0 Å². The van der Waals surface area contributed by atoms with Crippen LogP contribution in [0.5, 0.6) is 0 Å². The fourth-order valence-corrected chi connectivity index (χ4v) is 2.15. The molecule has 126 valence electrons. The Morgan fingerprint density at radius 2 is 1.33 bits per heavy atom. The Balaban J connectivity index is 1.94. The molecule has 0 saturated heterocycles. The van der Waals surface area contributed by atoms with E-state index in [1.54, 1.807) is 0 Å². The van der Waals surface area contributed by atoms with Gasteiger partial charge in [0, 0.05) is 0 Å². The zero-order chi connectivity index (χ0) is 17.0. The summed E-state index contributed by atoms with van der Waals surface area (Å²) in [6, 6.07) is 19.1. The summed E-state index contributed by atoms with van der Waals surface area (Å²) < 4.78 is 16.1. The van der Waals surface area contributed by atoms with Crippen molar-refractivity contribution < 1.29 is 23.8 Å². The van der Waals surface area contributed by atoms with Crippen LogP contribution in [0.15, 0.2) is 60.7 Å². The van der Waals surface area contributed by atoms with Crippen LogP contribution < -0.4 is 0 Å². The van der Waals surface area contributed by atoms with Gasteiger partial charge in [0.25, 0.3) is 6.47 Å². The van der Waals surface area contributed by atoms with E-state index in [-0.39, 0.29) is 13.2 Å². The summed E-state index contributed by atoms with van der Waals surface area (Å²) in [5.41, 5.74) is 1.91. The summed E-state index contributed by atoms with van der Waals surface area (Å²) in [5.74, 6) is 0. The number of aldehydes is 1. The zero-order valence-corrected chi connectivity index (χ0v) is 13.2. The van der Waals surface area contributed by atoms with Gasteiger partial charge in [-0.05, 0) is 11.1 Å². The highest BCUT2D eigenvalue weighted by molar-refractivity contribution is 5.57. The number of ether oxygens (including phenoxy) is 3. The predicted octanol–water partition coefficient (Wildman–Crippen LogP) is 2.53. The maximum atomic E-state index is 11.4. The fraction of sp³-hybridized carbons (Fsp3) is 0.263. The summed E-state index contributed by atoms with van der Waals surface area (Å²) in [5, 5.41) is 0. The third-order valence-electron chi connectivity index (χ3n) is 3.42. The first-order chi connectivity index (χ1) is 11.8. The number of carbonyl (C=O) groups excluding carboxylic acids is 2. The van der Waals surface area contributed by atoms with Crippen molar-refractivity contribution in [3.05, 3.63) is 71.8 Å². The predicted molar refractivity (Wildman–Crippen MR) is 88.1 cm³/mol. The molecular formula is C19H20O5. The van der Waals surface area contributed by atoms with E-state index in [0.29, 0.717) is 19.4 Å². The van der Waals surface area contributed by atoms with Crippen LogP contribution in [0, 0.1) is 0 Å². The molecule has 5 heteroatoms. The van der Waals surface area contributed by atoms with Crippen LogP contribution in [-0.2, 0) is 37.0 Å². The van der Waals surface area contributed by atoms with Gasteiger partial charge in [-0.3, -0.25) is 4.79 Å². The smallest absolute Gasteiger partial charge is 0.293 e. The number of hydrogen-bond acceptors (Lipinski definition) is 5. The zero-order valence-electron chi connectivity index (χ0n) is 13.2. The number of hydrogen-bond donors (Lipinski definition) is 0. The Bertz CT molecular complexity index is 600. The van der Waals surface area contributed by atoms with E-state index in [9.17, 15) is 9.59 Å². The highest BCUT2D eigenvalue weighted by Gasteiger charge is 2.23. The minimum atomic E-state index is -0.825. The minimum Gasteiger partial charge on any atom is -0.465 e. The van der Waals surface area contributed by atoms with Crippen molar-refractivity contribution in [2.45, 2.75) is 25.4 Å². The summed E-state index contributed by atoms with van der Waals surface area (Å²) in [6.07, 6.45) is -0.822. The lowest BCUT2D eigenvalue weighted by atomic mass is 10.2. The van der Waals surface area contributed by atoms with Crippen LogP contribution in [0.4, 0.5) is 0 Å². The van der Waals surface area contributed by atoms with Gasteiger partial charge in [0.2, 0.25) is 0 Å². The lowest BCUT2D eigenvalue weighted by Gasteiger charge is -2.23. The third kappa shape index (κ3) is 5.95. The van der Waals surface area contributed by atoms with Crippen molar-refractivity contribution >= 4 is 12.8 Å². The molecule has 0 aliphatic rings. The molecule has 0 saturated carbocycles. The van der Waals surface area contributed by atoms with Crippen LogP contribution >= 0.6 is 0 Å². The standard InChI is InChI=1S/C19H20O5/c20-11-18(23-12-16-7-3-1-4-8-16)19(14-22-15-21)24-13-17-9-5-2-6-10-17/h1-11,15,18-19H,12-14H2/t18-,19+/m0/s1. The topological polar surface area (TPSA) is 61.8 Å². The molecule has 0 aliphatic carbocycles. The van der Waals surface area contributed by atoms with E-state index in [4.69, 9.17) is 14.2 Å². The maximum Gasteiger partial charge on any atom is 0.293 e. The Morgan fingerprint density at radius 1 is 0.792 bits per heavy atom. The molecule has 0 radical (unpaired) electrons. The average molecular weight is 328 g/mol. The van der Waals surface area contributed by atoms with Crippen molar-refractivity contribution in [3.63, 3.8) is 0 Å². The molecule has 2 aromatic carbocycles. The van der Waals surface area contributed by atoms with Gasteiger partial charge in [-0.2, -0.15) is 0 Å². The molecule has 0 unspecified atom stereocenters. The van der Waals surface area contributed by atoms with Crippen LogP contribution in [0.1, 0.15) is 11.1 Å². The van der Waals surface area contributed by atoms with Gasteiger partial charge in [-0.25, -0.2) is 0 Å². The highest BCUT2D eigenvalue weighted by atomic mass is 16.6. The van der Waals surface area contributed by atoms with Crippen molar-refractivity contribution in [3.8, 4) is 0 Å². The lowest BCUT2D eigenvalue weighted by Crippen LogP contribution is -2.36. The highest BCUT2D eigenvalue weighted by Crippen LogP contribution is 2.11. The van der Waals surface area contributed by atoms with E-state index in [2.05, 4.69) is 0 Å². The molecule has 0 heterocycles. The second-order valence-electron chi connectivity index (χ2n) is 5.16. The van der Waals surface area contributed by atoms with Gasteiger partial charge in [0.15, 0.2) is 6.29 Å². The van der Waals surface area contributed by atoms with E-state index in [1.807, 2.05) is 60.7 Å². The number of benzene rings is 2. The molecular weight excluding hydrogens is 308 g/mol. The van der Waals surface area contributed by atoms with E-state index < -0.39 is 12.2 Å².